The number of aliphatic hydroxyl groups excluding tert-OH is 1. The van der Waals surface area contributed by atoms with E-state index in [2.05, 4.69) is 23.3 Å². The third kappa shape index (κ3) is 13.5. The lowest BCUT2D eigenvalue weighted by atomic mass is 9.79. The molecule has 0 radical (unpaired) electrons. The number of ketones is 1. The van der Waals surface area contributed by atoms with Crippen LogP contribution >= 0.6 is 0 Å². The van der Waals surface area contributed by atoms with Crippen LogP contribution in [0.3, 0.4) is 0 Å². The number of benzene rings is 5. The molecule has 5 aromatic carbocycles. The molecule has 0 atom stereocenters. The summed E-state index contributed by atoms with van der Waals surface area (Å²) in [4.78, 5) is 16.8. The summed E-state index contributed by atoms with van der Waals surface area (Å²) >= 11 is 0. The summed E-state index contributed by atoms with van der Waals surface area (Å²) in [6.45, 7) is 12.3. The Bertz CT molecular complexity index is 3020. The van der Waals surface area contributed by atoms with Gasteiger partial charge in [0.2, 0.25) is 42.9 Å². The maximum Gasteiger partial charge on any atom is 0.232 e. The van der Waals surface area contributed by atoms with E-state index in [0.717, 1.165) is 109 Å². The third-order valence-electron chi connectivity index (χ3n) is 13.2. The zero-order valence-electron chi connectivity index (χ0n) is 42.8. The van der Waals surface area contributed by atoms with E-state index in [4.69, 9.17) is 0 Å². The van der Waals surface area contributed by atoms with Crippen LogP contribution in [-0.2, 0) is 24.8 Å². The number of nitrogens with zero attached hydrogens (tertiary/aromatic N) is 2. The maximum atomic E-state index is 14.8. The molecule has 3 N–H and O–H groups in total. The highest BCUT2D eigenvalue weighted by atomic mass is 32.2. The van der Waals surface area contributed by atoms with Gasteiger partial charge in [-0.3, -0.25) is 14.2 Å². The standard InChI is InChI=1S/C60H70N4O6S2/c1-7-9-11-13-15-17-39-71(67,68)61-55-41-51(63(47-27-19-43(3)20-28-47)48-29-21-44(4)22-30-48)35-37-53(55)57-59(65)58(60(57)66)54-38-36-52(42-56(54)62-72(69,70)40-18-16-14-12-10-8-2)64(49-31-23-45(5)24-32-49)50-33-25-46(6)26-34-50/h19-38,41-42H,7-18,39-40H2,1-6H3,(H2,61,62,65,66)/p+1. The van der Waals surface area contributed by atoms with Gasteiger partial charge in [0.1, 0.15) is 5.76 Å². The molecular formula is C60H71N4O6S2+. The fraction of sp³-hybridized carbons (Fsp3) is 0.333. The topological polar surface area (TPSA) is 136 Å². The van der Waals surface area contributed by atoms with Gasteiger partial charge in [-0.1, -0.05) is 149 Å². The van der Waals surface area contributed by atoms with Gasteiger partial charge in [-0.05, 0) is 89.1 Å². The highest BCUT2D eigenvalue weighted by Crippen LogP contribution is 2.45. The van der Waals surface area contributed by atoms with E-state index in [0.29, 0.717) is 24.2 Å². The van der Waals surface area contributed by atoms with E-state index in [1.165, 1.54) is 0 Å². The van der Waals surface area contributed by atoms with Gasteiger partial charge >= 0.3 is 0 Å². The Morgan fingerprint density at radius 3 is 1.42 bits per heavy atom. The number of sulfonamides is 2. The Hall–Kier alpha value is -6.50. The third-order valence-corrected chi connectivity index (χ3v) is 15.9. The molecule has 0 aromatic heterocycles. The largest absolute Gasteiger partial charge is 0.506 e. The minimum atomic E-state index is -3.93. The van der Waals surface area contributed by atoms with Gasteiger partial charge < -0.3 is 10.0 Å². The lowest BCUT2D eigenvalue weighted by Crippen LogP contribution is -2.32. The monoisotopic (exact) mass is 1010 g/mol. The number of Topliss-reactive ketones (excluding diaryl/α,β-unsaturated/α-hetero) is 1. The van der Waals surface area contributed by atoms with Gasteiger partial charge in [0.15, 0.2) is 0 Å². The first-order valence-electron chi connectivity index (χ1n) is 25.6. The Balaban J connectivity index is 1.35. The first kappa shape index (κ1) is 53.3. The van der Waals surface area contributed by atoms with Crippen molar-refractivity contribution in [1.29, 1.82) is 0 Å². The van der Waals surface area contributed by atoms with Crippen molar-refractivity contribution < 1.29 is 26.7 Å². The zero-order chi connectivity index (χ0) is 51.4. The first-order valence-corrected chi connectivity index (χ1v) is 28.9. The quantitative estimate of drug-likeness (QED) is 0.0318. The minimum absolute atomic E-state index is 0.0723. The zero-order valence-corrected chi connectivity index (χ0v) is 44.4. The van der Waals surface area contributed by atoms with Gasteiger partial charge in [-0.25, -0.2) is 16.8 Å². The van der Waals surface area contributed by atoms with Gasteiger partial charge in [-0.2, -0.15) is 4.58 Å². The van der Waals surface area contributed by atoms with Crippen molar-refractivity contribution in [3.05, 3.63) is 184 Å². The van der Waals surface area contributed by atoms with Gasteiger partial charge in [0, 0.05) is 64.6 Å². The molecule has 0 heterocycles. The highest BCUT2D eigenvalue weighted by molar-refractivity contribution is 7.92. The van der Waals surface area contributed by atoms with Crippen molar-refractivity contribution in [3.8, 4) is 0 Å². The van der Waals surface area contributed by atoms with Gasteiger partial charge in [-0.15, -0.1) is 0 Å². The van der Waals surface area contributed by atoms with E-state index in [1.54, 1.807) is 24.3 Å². The van der Waals surface area contributed by atoms with Crippen molar-refractivity contribution in [3.63, 3.8) is 0 Å². The SMILES string of the molecule is CCCCCCCCS(=O)(=O)NC1=CC(=[N+](c2ccc(C)cc2)c2ccc(C)cc2)C=C/C1=C1\C(=O)C(c2ccc(N(c3ccc(C)cc3)c3ccc(C)cc3)cc2NS(=O)(=O)CCCCCCCC)=C1O. The molecule has 378 valence electrons. The minimum Gasteiger partial charge on any atom is -0.506 e. The van der Waals surface area contributed by atoms with Crippen molar-refractivity contribution in [1.82, 2.24) is 9.30 Å². The van der Waals surface area contributed by atoms with Crippen LogP contribution in [0, 0.1) is 27.7 Å². The molecule has 0 fully saturated rings. The molecule has 2 aliphatic carbocycles. The van der Waals surface area contributed by atoms with Crippen LogP contribution in [0.2, 0.25) is 0 Å². The molecule has 0 aliphatic heterocycles. The Kier molecular flexibility index (Phi) is 18.0. The fourth-order valence-electron chi connectivity index (χ4n) is 9.10. The number of aryl methyl sites for hydroxylation is 4. The number of aliphatic hydroxyl groups is 1. The average molecular weight is 1010 g/mol. The van der Waals surface area contributed by atoms with Crippen LogP contribution in [0.1, 0.15) is 119 Å². The second kappa shape index (κ2) is 24.3. The van der Waals surface area contributed by atoms with Crippen molar-refractivity contribution >= 4 is 71.2 Å². The number of carbonyl (C=O) groups is 1. The second-order valence-electron chi connectivity index (χ2n) is 19.3. The summed E-state index contributed by atoms with van der Waals surface area (Å²) in [5, 5.41) is 12.2. The summed E-state index contributed by atoms with van der Waals surface area (Å²) in [5.41, 5.74) is 9.49. The number of nitrogens with one attached hydrogen (secondary N) is 2. The van der Waals surface area contributed by atoms with Crippen LogP contribution in [0.5, 0.6) is 0 Å². The van der Waals surface area contributed by atoms with Crippen LogP contribution in [-0.4, -0.2) is 44.9 Å². The molecule has 2 aliphatic rings. The smallest absolute Gasteiger partial charge is 0.232 e. The molecule has 7 rings (SSSR count). The first-order chi connectivity index (χ1) is 34.6. The molecule has 0 spiro atoms. The van der Waals surface area contributed by atoms with E-state index in [1.807, 2.05) is 146 Å². The number of allylic oxidation sites excluding steroid dienone is 5. The second-order valence-corrected chi connectivity index (χ2v) is 23.0. The lowest BCUT2D eigenvalue weighted by molar-refractivity contribution is -0.111. The van der Waals surface area contributed by atoms with E-state index in [9.17, 15) is 26.7 Å². The highest BCUT2D eigenvalue weighted by Gasteiger charge is 2.40. The summed E-state index contributed by atoms with van der Waals surface area (Å²) in [6, 6.07) is 37.3. The Labute approximate surface area is 428 Å². The molecular weight excluding hydrogens is 937 g/mol. The molecule has 0 saturated carbocycles. The normalized spacial score (nSPS) is 14.8. The summed E-state index contributed by atoms with van der Waals surface area (Å²) in [5.74, 6) is -1.15. The number of carbonyl (C=O) groups excluding carboxylic acids is 1. The molecule has 12 heteroatoms. The Morgan fingerprint density at radius 1 is 0.514 bits per heavy atom. The number of anilines is 4. The molecule has 5 aromatic rings. The molecule has 0 unspecified atom stereocenters. The molecule has 72 heavy (non-hydrogen) atoms. The predicted octanol–water partition coefficient (Wildman–Crippen LogP) is 14.4. The number of hydrogen-bond donors (Lipinski definition) is 3. The van der Waals surface area contributed by atoms with Crippen molar-refractivity contribution in [2.75, 3.05) is 21.1 Å². The molecule has 0 saturated heterocycles. The summed E-state index contributed by atoms with van der Waals surface area (Å²) in [6.07, 6.45) is 16.0. The predicted molar refractivity (Wildman–Crippen MR) is 299 cm³/mol. The maximum absolute atomic E-state index is 14.8. The van der Waals surface area contributed by atoms with Gasteiger partial charge in [0.25, 0.3) is 0 Å². The number of hydrogen-bond acceptors (Lipinski definition) is 7. The van der Waals surface area contributed by atoms with E-state index in [-0.39, 0.29) is 50.9 Å². The van der Waals surface area contributed by atoms with Crippen molar-refractivity contribution in [2.24, 2.45) is 0 Å². The van der Waals surface area contributed by atoms with E-state index >= 15 is 0 Å². The molecule has 0 amide bonds. The lowest BCUT2D eigenvalue weighted by Gasteiger charge is -2.29. The van der Waals surface area contributed by atoms with Crippen LogP contribution < -0.4 is 18.9 Å². The average Bonchev–Trinajstić information content (AvgIpc) is 3.35. The van der Waals surface area contributed by atoms with Gasteiger partial charge in [0.05, 0.1) is 34.0 Å². The van der Waals surface area contributed by atoms with Crippen molar-refractivity contribution in [2.45, 2.75) is 119 Å². The van der Waals surface area contributed by atoms with Crippen LogP contribution in [0.15, 0.2) is 156 Å². The summed E-state index contributed by atoms with van der Waals surface area (Å²) < 4.78 is 63.7. The summed E-state index contributed by atoms with van der Waals surface area (Å²) in [7, 11) is -7.86. The number of rotatable bonds is 24. The molecule has 10 nitrogen and oxygen atoms in total. The van der Waals surface area contributed by atoms with Crippen LogP contribution in [0.25, 0.3) is 5.57 Å². The fourth-order valence-corrected chi connectivity index (χ4v) is 11.5. The van der Waals surface area contributed by atoms with E-state index < -0.39 is 25.8 Å². The van der Waals surface area contributed by atoms with Crippen LogP contribution in [0.4, 0.5) is 34.1 Å². The Morgan fingerprint density at radius 2 is 0.944 bits per heavy atom. The molecule has 0 bridgehead atoms. The number of unbranched alkanes of at least 4 members (excludes halogenated alkanes) is 10.